The predicted octanol–water partition coefficient (Wildman–Crippen LogP) is 13.4. The van der Waals surface area contributed by atoms with Gasteiger partial charge >= 0.3 is 0 Å². The summed E-state index contributed by atoms with van der Waals surface area (Å²) in [5.74, 6) is 0. The van der Waals surface area contributed by atoms with Crippen LogP contribution in [0.3, 0.4) is 0 Å². The number of hydrogen-bond donors (Lipinski definition) is 0. The van der Waals surface area contributed by atoms with Crippen LogP contribution in [-0.4, -0.2) is 50.5 Å². The minimum atomic E-state index is 0.217. The van der Waals surface area contributed by atoms with Crippen molar-refractivity contribution in [1.82, 2.24) is 4.90 Å². The van der Waals surface area contributed by atoms with E-state index in [2.05, 4.69) is 91.7 Å². The second-order valence-electron chi connectivity index (χ2n) is 13.7. The second kappa shape index (κ2) is 38.1. The van der Waals surface area contributed by atoms with Crippen molar-refractivity contribution in [3.8, 4) is 0 Å². The molecular weight excluding hydrogens is 587 g/mol. The lowest BCUT2D eigenvalue weighted by Crippen LogP contribution is -2.35. The van der Waals surface area contributed by atoms with Crippen LogP contribution in [-0.2, 0) is 9.47 Å². The molecule has 0 N–H and O–H groups in total. The summed E-state index contributed by atoms with van der Waals surface area (Å²) in [6.45, 7) is 10.5. The van der Waals surface area contributed by atoms with E-state index in [4.69, 9.17) is 9.47 Å². The Morgan fingerprint density at radius 3 is 1.35 bits per heavy atom. The van der Waals surface area contributed by atoms with E-state index in [9.17, 15) is 0 Å². The van der Waals surface area contributed by atoms with Crippen molar-refractivity contribution in [3.63, 3.8) is 0 Å². The smallest absolute Gasteiger partial charge is 0.0934 e. The number of rotatable bonds is 35. The summed E-state index contributed by atoms with van der Waals surface area (Å²) in [5, 5.41) is 0. The molecule has 0 aliphatic carbocycles. The summed E-state index contributed by atoms with van der Waals surface area (Å²) >= 11 is 0. The van der Waals surface area contributed by atoms with Gasteiger partial charge in [-0.2, -0.15) is 0 Å². The van der Waals surface area contributed by atoms with Gasteiger partial charge in [0, 0.05) is 19.8 Å². The molecule has 0 spiro atoms. The Balaban J connectivity index is 2.01. The van der Waals surface area contributed by atoms with Crippen LogP contribution < -0.4 is 0 Å². The summed E-state index contributed by atoms with van der Waals surface area (Å²) in [4.78, 5) is 2.57. The normalized spacial score (nSPS) is 15.4. The highest BCUT2D eigenvalue weighted by Gasteiger charge is 2.18. The van der Waals surface area contributed by atoms with Gasteiger partial charge < -0.3 is 14.4 Å². The van der Waals surface area contributed by atoms with E-state index in [1.54, 1.807) is 0 Å². The van der Waals surface area contributed by atoms with Crippen LogP contribution in [0.5, 0.6) is 0 Å². The highest BCUT2D eigenvalue weighted by Crippen LogP contribution is 2.12. The first-order valence-corrected chi connectivity index (χ1v) is 20.7. The third-order valence-electron chi connectivity index (χ3n) is 9.03. The van der Waals surface area contributed by atoms with Crippen LogP contribution in [0.25, 0.3) is 0 Å². The Bertz CT molecular complexity index is 817. The lowest BCUT2D eigenvalue weighted by atomic mass is 10.1. The molecule has 0 amide bonds. The van der Waals surface area contributed by atoms with E-state index in [1.807, 2.05) is 0 Å². The van der Waals surface area contributed by atoms with E-state index in [1.165, 1.54) is 129 Å². The maximum atomic E-state index is 6.36. The molecule has 0 radical (unpaired) electrons. The van der Waals surface area contributed by atoms with Gasteiger partial charge in [0.05, 0.1) is 12.7 Å². The zero-order valence-electron chi connectivity index (χ0n) is 32.0. The molecule has 1 fully saturated rings. The average Bonchev–Trinajstić information content (AvgIpc) is 3.61. The minimum Gasteiger partial charge on any atom is -0.379 e. The summed E-state index contributed by atoms with van der Waals surface area (Å²) in [6, 6.07) is 0. The van der Waals surface area contributed by atoms with Crippen LogP contribution in [0.1, 0.15) is 168 Å². The summed E-state index contributed by atoms with van der Waals surface area (Å²) in [5.41, 5.74) is 0. The molecule has 0 aromatic heterocycles. The Labute approximate surface area is 300 Å². The molecule has 0 aromatic carbocycles. The van der Waals surface area contributed by atoms with Crippen molar-refractivity contribution in [2.24, 2.45) is 0 Å². The first-order chi connectivity index (χ1) is 23.9. The van der Waals surface area contributed by atoms with Gasteiger partial charge in [0.15, 0.2) is 0 Å². The van der Waals surface area contributed by atoms with Gasteiger partial charge in [0.2, 0.25) is 0 Å². The molecule has 0 aromatic rings. The molecule has 48 heavy (non-hydrogen) atoms. The van der Waals surface area contributed by atoms with Gasteiger partial charge in [0.1, 0.15) is 0 Å². The molecule has 1 unspecified atom stereocenters. The Morgan fingerprint density at radius 2 is 0.854 bits per heavy atom. The van der Waals surface area contributed by atoms with Gasteiger partial charge in [-0.3, -0.25) is 0 Å². The Kier molecular flexibility index (Phi) is 35.2. The quantitative estimate of drug-likeness (QED) is 0.0497. The van der Waals surface area contributed by atoms with Gasteiger partial charge in [-0.25, -0.2) is 0 Å². The zero-order valence-corrected chi connectivity index (χ0v) is 32.0. The fourth-order valence-electron chi connectivity index (χ4n) is 5.99. The fraction of sp³-hybridized carbons (Fsp3) is 0.733. The molecule has 3 nitrogen and oxygen atoms in total. The third kappa shape index (κ3) is 32.8. The molecule has 1 aliphatic rings. The van der Waals surface area contributed by atoms with Crippen molar-refractivity contribution < 1.29 is 9.47 Å². The first kappa shape index (κ1) is 44.3. The monoisotopic (exact) mass is 666 g/mol. The van der Waals surface area contributed by atoms with Crippen molar-refractivity contribution >= 4 is 0 Å². The average molecular weight is 666 g/mol. The SMILES string of the molecule is CCCCCC=CCC=CC/C=C\C/C=C\CCCCOCC(CN1CCCC1)OCCCCCCCC/C=C\C/C=C\CCCCC. The number of ether oxygens (including phenoxy) is 2. The van der Waals surface area contributed by atoms with Gasteiger partial charge in [-0.1, -0.05) is 138 Å². The molecule has 0 saturated carbocycles. The van der Waals surface area contributed by atoms with Crippen LogP contribution in [0.4, 0.5) is 0 Å². The molecular formula is C45H79NO2. The highest BCUT2D eigenvalue weighted by atomic mass is 16.5. The zero-order chi connectivity index (χ0) is 34.3. The number of unbranched alkanes of at least 4 members (excludes halogenated alkanes) is 14. The predicted molar refractivity (Wildman–Crippen MR) is 214 cm³/mol. The van der Waals surface area contributed by atoms with Crippen molar-refractivity contribution in [2.75, 3.05) is 39.5 Å². The Hall–Kier alpha value is -1.68. The lowest BCUT2D eigenvalue weighted by Gasteiger charge is -2.24. The number of allylic oxidation sites excluding steroid dienone is 12. The summed E-state index contributed by atoms with van der Waals surface area (Å²) < 4.78 is 12.5. The van der Waals surface area contributed by atoms with Crippen LogP contribution in [0.2, 0.25) is 0 Å². The molecule has 0 bridgehead atoms. The van der Waals surface area contributed by atoms with Gasteiger partial charge in [-0.05, 0) is 116 Å². The van der Waals surface area contributed by atoms with E-state index < -0.39 is 0 Å². The van der Waals surface area contributed by atoms with Gasteiger partial charge in [0.25, 0.3) is 0 Å². The first-order valence-electron chi connectivity index (χ1n) is 20.7. The van der Waals surface area contributed by atoms with E-state index in [-0.39, 0.29) is 6.10 Å². The maximum absolute atomic E-state index is 6.36. The lowest BCUT2D eigenvalue weighted by molar-refractivity contribution is -0.0315. The largest absolute Gasteiger partial charge is 0.379 e. The molecule has 1 saturated heterocycles. The number of likely N-dealkylation sites (tertiary alicyclic amines) is 1. The van der Waals surface area contributed by atoms with Crippen molar-refractivity contribution in [3.05, 3.63) is 72.9 Å². The third-order valence-corrected chi connectivity index (χ3v) is 9.03. The van der Waals surface area contributed by atoms with E-state index >= 15 is 0 Å². The second-order valence-corrected chi connectivity index (χ2v) is 13.7. The summed E-state index contributed by atoms with van der Waals surface area (Å²) in [6.07, 6.45) is 57.8. The molecule has 1 atom stereocenters. The fourth-order valence-corrected chi connectivity index (χ4v) is 5.99. The molecule has 3 heteroatoms. The van der Waals surface area contributed by atoms with Gasteiger partial charge in [-0.15, -0.1) is 0 Å². The van der Waals surface area contributed by atoms with E-state index in [0.29, 0.717) is 0 Å². The molecule has 1 heterocycles. The number of hydrogen-bond acceptors (Lipinski definition) is 3. The van der Waals surface area contributed by atoms with Crippen LogP contribution >= 0.6 is 0 Å². The molecule has 1 rings (SSSR count). The van der Waals surface area contributed by atoms with E-state index in [0.717, 1.165) is 64.9 Å². The standard InChI is InChI=1S/C45H79NO2/c1-3-5-7-9-11-13-15-17-19-21-22-23-25-27-29-31-33-37-41-47-44-45(43-46-39-35-36-40-46)48-42-38-34-32-30-28-26-24-20-18-16-14-12-10-8-6-4-2/h11-14,17-20,22-23,27,29,45H,3-10,15-16,21,24-26,28,30-44H2,1-2H3/b13-11?,14-12-,19-17?,20-18-,23-22-,29-27-. The highest BCUT2D eigenvalue weighted by molar-refractivity contribution is 4.99. The maximum Gasteiger partial charge on any atom is 0.0934 e. The van der Waals surface area contributed by atoms with Crippen molar-refractivity contribution in [1.29, 1.82) is 0 Å². The summed E-state index contributed by atoms with van der Waals surface area (Å²) in [7, 11) is 0. The minimum absolute atomic E-state index is 0.217. The number of nitrogens with zero attached hydrogens (tertiary/aromatic N) is 1. The molecule has 276 valence electrons. The topological polar surface area (TPSA) is 21.7 Å². The Morgan fingerprint density at radius 1 is 0.458 bits per heavy atom. The molecule has 1 aliphatic heterocycles. The van der Waals surface area contributed by atoms with Crippen LogP contribution in [0, 0.1) is 0 Å². The van der Waals surface area contributed by atoms with Crippen LogP contribution in [0.15, 0.2) is 72.9 Å². The van der Waals surface area contributed by atoms with Crippen molar-refractivity contribution in [2.45, 2.75) is 174 Å².